The minimum absolute atomic E-state index is 0.110. The van der Waals surface area contributed by atoms with Crippen molar-refractivity contribution in [2.45, 2.75) is 26.3 Å². The number of rotatable bonds is 5. The maximum atomic E-state index is 12.5. The highest BCUT2D eigenvalue weighted by Crippen LogP contribution is 2.38. The standard InChI is InChI=1S/C22H20Cl2N2O3S/c1-13-21(15-3-5-16(23)6-4-15)26-20(30-13)12-25-19(27)11-14-9-17(24)22-18(10-14)28-7-2-8-29-22/h3-6,9-10H,2,7-8,11-12H2,1H3,(H,25,27). The first kappa shape index (κ1) is 21.0. The number of nitrogens with zero attached hydrogens (tertiary/aromatic N) is 1. The highest BCUT2D eigenvalue weighted by molar-refractivity contribution is 7.12. The number of carbonyl (C=O) groups excluding carboxylic acids is 1. The van der Waals surface area contributed by atoms with Gasteiger partial charge in [-0.3, -0.25) is 4.79 Å². The lowest BCUT2D eigenvalue weighted by atomic mass is 10.1. The third kappa shape index (κ3) is 4.89. The molecule has 156 valence electrons. The van der Waals surface area contributed by atoms with Gasteiger partial charge in [-0.15, -0.1) is 11.3 Å². The number of amides is 1. The first-order valence-electron chi connectivity index (χ1n) is 9.56. The maximum Gasteiger partial charge on any atom is 0.224 e. The van der Waals surface area contributed by atoms with Gasteiger partial charge in [-0.25, -0.2) is 4.98 Å². The molecule has 3 aromatic rings. The molecule has 1 N–H and O–H groups in total. The Bertz CT molecular complexity index is 1070. The Hall–Kier alpha value is -2.28. The molecule has 0 spiro atoms. The smallest absolute Gasteiger partial charge is 0.224 e. The summed E-state index contributed by atoms with van der Waals surface area (Å²) in [6.07, 6.45) is 0.997. The van der Waals surface area contributed by atoms with E-state index in [9.17, 15) is 4.79 Å². The van der Waals surface area contributed by atoms with Crippen LogP contribution in [0.1, 0.15) is 21.9 Å². The number of aryl methyl sites for hydroxylation is 1. The predicted molar refractivity (Wildman–Crippen MR) is 120 cm³/mol. The molecule has 0 saturated heterocycles. The summed E-state index contributed by atoms with van der Waals surface area (Å²) >= 11 is 13.8. The van der Waals surface area contributed by atoms with Crippen molar-refractivity contribution in [1.29, 1.82) is 0 Å². The number of hydrogen-bond acceptors (Lipinski definition) is 5. The normalized spacial score (nSPS) is 13.0. The summed E-state index contributed by atoms with van der Waals surface area (Å²) in [5.74, 6) is 1.03. The van der Waals surface area contributed by atoms with Crippen LogP contribution in [-0.4, -0.2) is 24.1 Å². The molecule has 1 amide bonds. The fraction of sp³-hybridized carbons (Fsp3) is 0.273. The molecule has 1 aliphatic heterocycles. The monoisotopic (exact) mass is 462 g/mol. The van der Waals surface area contributed by atoms with Gasteiger partial charge in [0.2, 0.25) is 5.91 Å². The van der Waals surface area contributed by atoms with Crippen LogP contribution >= 0.6 is 34.5 Å². The van der Waals surface area contributed by atoms with Crippen molar-refractivity contribution in [3.05, 3.63) is 61.9 Å². The minimum Gasteiger partial charge on any atom is -0.489 e. The van der Waals surface area contributed by atoms with Crippen molar-refractivity contribution in [3.63, 3.8) is 0 Å². The molecule has 0 radical (unpaired) electrons. The molecule has 8 heteroatoms. The van der Waals surface area contributed by atoms with Gasteiger partial charge in [-0.1, -0.05) is 35.3 Å². The van der Waals surface area contributed by atoms with E-state index in [1.807, 2.05) is 37.3 Å². The molecule has 1 aliphatic rings. The quantitative estimate of drug-likeness (QED) is 0.547. The van der Waals surface area contributed by atoms with Gasteiger partial charge in [0.25, 0.3) is 0 Å². The third-order valence-corrected chi connectivity index (χ3v) is 6.13. The van der Waals surface area contributed by atoms with E-state index < -0.39 is 0 Å². The molecular weight excluding hydrogens is 443 g/mol. The zero-order valence-corrected chi connectivity index (χ0v) is 18.7. The van der Waals surface area contributed by atoms with E-state index in [-0.39, 0.29) is 12.3 Å². The number of thiazole rings is 1. The Morgan fingerprint density at radius 2 is 1.93 bits per heavy atom. The van der Waals surface area contributed by atoms with Crippen LogP contribution in [0.4, 0.5) is 0 Å². The summed E-state index contributed by atoms with van der Waals surface area (Å²) < 4.78 is 11.3. The van der Waals surface area contributed by atoms with E-state index in [0.717, 1.165) is 33.1 Å². The van der Waals surface area contributed by atoms with Crippen LogP contribution in [0, 0.1) is 6.92 Å². The second-order valence-corrected chi connectivity index (χ2v) is 9.06. The van der Waals surface area contributed by atoms with E-state index in [2.05, 4.69) is 10.3 Å². The maximum absolute atomic E-state index is 12.5. The number of hydrogen-bond donors (Lipinski definition) is 1. The zero-order chi connectivity index (χ0) is 21.1. The molecule has 2 aromatic carbocycles. The number of ether oxygens (including phenoxy) is 2. The second-order valence-electron chi connectivity index (χ2n) is 6.93. The predicted octanol–water partition coefficient (Wildman–Crippen LogP) is 5.45. The molecule has 1 aromatic heterocycles. The number of halogens is 2. The average Bonchev–Trinajstić information content (AvgIpc) is 2.92. The van der Waals surface area contributed by atoms with Gasteiger partial charge >= 0.3 is 0 Å². The molecule has 0 aliphatic carbocycles. The van der Waals surface area contributed by atoms with E-state index in [1.54, 1.807) is 17.4 Å². The van der Waals surface area contributed by atoms with Crippen LogP contribution in [-0.2, 0) is 17.8 Å². The van der Waals surface area contributed by atoms with Gasteiger partial charge in [-0.2, -0.15) is 0 Å². The SMILES string of the molecule is Cc1sc(CNC(=O)Cc2cc(Cl)c3c(c2)OCCCO3)nc1-c1ccc(Cl)cc1. The Morgan fingerprint density at radius 3 is 2.73 bits per heavy atom. The highest BCUT2D eigenvalue weighted by Gasteiger charge is 2.17. The van der Waals surface area contributed by atoms with Crippen molar-refractivity contribution >= 4 is 40.4 Å². The first-order valence-corrected chi connectivity index (χ1v) is 11.1. The minimum atomic E-state index is -0.110. The number of nitrogens with one attached hydrogen (secondary N) is 1. The lowest BCUT2D eigenvalue weighted by molar-refractivity contribution is -0.120. The van der Waals surface area contributed by atoms with Crippen LogP contribution in [0.5, 0.6) is 11.5 Å². The lowest BCUT2D eigenvalue weighted by Crippen LogP contribution is -2.24. The number of benzene rings is 2. The van der Waals surface area contributed by atoms with Crippen LogP contribution in [0.2, 0.25) is 10.0 Å². The largest absolute Gasteiger partial charge is 0.489 e. The summed E-state index contributed by atoms with van der Waals surface area (Å²) in [6.45, 7) is 3.53. The van der Waals surface area contributed by atoms with Crippen LogP contribution in [0.15, 0.2) is 36.4 Å². The highest BCUT2D eigenvalue weighted by atomic mass is 35.5. The number of carbonyl (C=O) groups is 1. The molecular formula is C22H20Cl2N2O3S. The molecule has 0 unspecified atom stereocenters. The van der Waals surface area contributed by atoms with Gasteiger partial charge in [0.05, 0.1) is 36.9 Å². The van der Waals surface area contributed by atoms with Gasteiger partial charge in [-0.05, 0) is 36.8 Å². The van der Waals surface area contributed by atoms with Crippen LogP contribution in [0.3, 0.4) is 0 Å². The summed E-state index contributed by atoms with van der Waals surface area (Å²) in [4.78, 5) is 18.2. The Kier molecular flexibility index (Phi) is 6.46. The lowest BCUT2D eigenvalue weighted by Gasteiger charge is -2.11. The van der Waals surface area contributed by atoms with E-state index in [1.165, 1.54) is 0 Å². The average molecular weight is 463 g/mol. The molecule has 0 bridgehead atoms. The topological polar surface area (TPSA) is 60.5 Å². The van der Waals surface area contributed by atoms with Gasteiger partial charge < -0.3 is 14.8 Å². The molecule has 5 nitrogen and oxygen atoms in total. The zero-order valence-electron chi connectivity index (χ0n) is 16.3. The molecule has 2 heterocycles. The Morgan fingerprint density at radius 1 is 1.17 bits per heavy atom. The molecule has 0 fully saturated rings. The number of fused-ring (bicyclic) bond motifs is 1. The molecule has 0 saturated carbocycles. The molecule has 4 rings (SSSR count). The Labute approximate surface area is 188 Å². The van der Waals surface area contributed by atoms with Crippen molar-refractivity contribution in [2.75, 3.05) is 13.2 Å². The van der Waals surface area contributed by atoms with Gasteiger partial charge in [0, 0.05) is 21.9 Å². The van der Waals surface area contributed by atoms with Crippen LogP contribution < -0.4 is 14.8 Å². The van der Waals surface area contributed by atoms with Crippen molar-refractivity contribution in [1.82, 2.24) is 10.3 Å². The second kappa shape index (κ2) is 9.25. The third-order valence-electron chi connectivity index (χ3n) is 4.62. The fourth-order valence-corrected chi connectivity index (χ4v) is 4.52. The Balaban J connectivity index is 1.40. The van der Waals surface area contributed by atoms with Crippen molar-refractivity contribution < 1.29 is 14.3 Å². The fourth-order valence-electron chi connectivity index (χ4n) is 3.21. The van der Waals surface area contributed by atoms with E-state index in [0.29, 0.717) is 41.3 Å². The van der Waals surface area contributed by atoms with E-state index >= 15 is 0 Å². The van der Waals surface area contributed by atoms with Crippen molar-refractivity contribution in [3.8, 4) is 22.8 Å². The summed E-state index contributed by atoms with van der Waals surface area (Å²) in [7, 11) is 0. The summed E-state index contributed by atoms with van der Waals surface area (Å²) in [5, 5.41) is 4.93. The molecule has 30 heavy (non-hydrogen) atoms. The van der Waals surface area contributed by atoms with Gasteiger partial charge in [0.15, 0.2) is 11.5 Å². The van der Waals surface area contributed by atoms with Crippen LogP contribution in [0.25, 0.3) is 11.3 Å². The van der Waals surface area contributed by atoms with Gasteiger partial charge in [0.1, 0.15) is 5.01 Å². The number of aromatic nitrogens is 1. The van der Waals surface area contributed by atoms with E-state index in [4.69, 9.17) is 32.7 Å². The first-order chi connectivity index (χ1) is 14.5. The van der Waals surface area contributed by atoms with Crippen molar-refractivity contribution in [2.24, 2.45) is 0 Å². The molecule has 0 atom stereocenters. The summed E-state index contributed by atoms with van der Waals surface area (Å²) in [6, 6.07) is 11.1. The summed E-state index contributed by atoms with van der Waals surface area (Å²) in [5.41, 5.74) is 2.70.